The fourth-order valence-corrected chi connectivity index (χ4v) is 1.53. The Kier molecular flexibility index (Phi) is 2.63. The predicted octanol–water partition coefficient (Wildman–Crippen LogP) is 0.861. The van der Waals surface area contributed by atoms with Crippen LogP contribution in [0.3, 0.4) is 0 Å². The van der Waals surface area contributed by atoms with Gasteiger partial charge < -0.3 is 10.0 Å². The SMILES string of the molecule is CN1C[C@@H](C(F)(F)F)C[C@H]1CO. The summed E-state index contributed by atoms with van der Waals surface area (Å²) in [5.41, 5.74) is 0. The van der Waals surface area contributed by atoms with Crippen LogP contribution in [0.15, 0.2) is 0 Å². The topological polar surface area (TPSA) is 23.5 Å². The van der Waals surface area contributed by atoms with Gasteiger partial charge in [-0.1, -0.05) is 0 Å². The Balaban J connectivity index is 2.54. The van der Waals surface area contributed by atoms with Crippen molar-refractivity contribution in [3.8, 4) is 0 Å². The Hall–Kier alpha value is -0.290. The number of nitrogens with zero attached hydrogens (tertiary/aromatic N) is 1. The van der Waals surface area contributed by atoms with E-state index in [2.05, 4.69) is 0 Å². The molecule has 0 aromatic heterocycles. The fourth-order valence-electron chi connectivity index (χ4n) is 1.53. The van der Waals surface area contributed by atoms with Crippen LogP contribution in [0.4, 0.5) is 13.2 Å². The van der Waals surface area contributed by atoms with Crippen LogP contribution in [0.5, 0.6) is 0 Å². The molecule has 0 bridgehead atoms. The van der Waals surface area contributed by atoms with Crippen LogP contribution in [-0.2, 0) is 0 Å². The quantitative estimate of drug-likeness (QED) is 0.651. The Morgan fingerprint density at radius 2 is 2.08 bits per heavy atom. The smallest absolute Gasteiger partial charge is 0.393 e. The fraction of sp³-hybridized carbons (Fsp3) is 1.00. The lowest BCUT2D eigenvalue weighted by Crippen LogP contribution is -2.28. The number of likely N-dealkylation sites (N-methyl/N-ethyl adjacent to an activating group) is 1. The minimum Gasteiger partial charge on any atom is -0.395 e. The number of halogens is 3. The Morgan fingerprint density at radius 3 is 2.33 bits per heavy atom. The molecule has 0 unspecified atom stereocenters. The van der Waals surface area contributed by atoms with Gasteiger partial charge in [-0.05, 0) is 13.5 Å². The summed E-state index contributed by atoms with van der Waals surface area (Å²) in [5.74, 6) is -1.26. The van der Waals surface area contributed by atoms with Crippen molar-refractivity contribution in [2.24, 2.45) is 5.92 Å². The zero-order chi connectivity index (χ0) is 9.35. The largest absolute Gasteiger partial charge is 0.395 e. The zero-order valence-electron chi connectivity index (χ0n) is 6.80. The minimum atomic E-state index is -4.11. The Morgan fingerprint density at radius 1 is 1.50 bits per heavy atom. The van der Waals surface area contributed by atoms with E-state index >= 15 is 0 Å². The first-order valence-corrected chi connectivity index (χ1v) is 3.83. The molecule has 2 nitrogen and oxygen atoms in total. The van der Waals surface area contributed by atoms with Crippen LogP contribution in [0.25, 0.3) is 0 Å². The molecule has 1 N–H and O–H groups in total. The first-order chi connectivity index (χ1) is 5.45. The molecule has 0 aromatic carbocycles. The Bertz CT molecular complexity index is 159. The van der Waals surface area contributed by atoms with Crippen molar-refractivity contribution in [3.63, 3.8) is 0 Å². The lowest BCUT2D eigenvalue weighted by molar-refractivity contribution is -0.170. The first kappa shape index (κ1) is 9.80. The van der Waals surface area contributed by atoms with Crippen molar-refractivity contribution >= 4 is 0 Å². The molecule has 72 valence electrons. The summed E-state index contributed by atoms with van der Waals surface area (Å²) in [6.07, 6.45) is -4.09. The summed E-state index contributed by atoms with van der Waals surface area (Å²) in [6.45, 7) is -0.183. The molecule has 0 aliphatic carbocycles. The first-order valence-electron chi connectivity index (χ1n) is 3.83. The summed E-state index contributed by atoms with van der Waals surface area (Å²) in [4.78, 5) is 1.55. The molecule has 0 amide bonds. The molecule has 0 spiro atoms. The summed E-state index contributed by atoms with van der Waals surface area (Å²) in [6, 6.07) is -0.323. The lowest BCUT2D eigenvalue weighted by Gasteiger charge is -2.15. The third-order valence-electron chi connectivity index (χ3n) is 2.36. The summed E-state index contributed by atoms with van der Waals surface area (Å²) in [5, 5.41) is 8.71. The maximum absolute atomic E-state index is 12.1. The number of aliphatic hydroxyl groups is 1. The van der Waals surface area contributed by atoms with Gasteiger partial charge in [0.05, 0.1) is 12.5 Å². The number of hydrogen-bond donors (Lipinski definition) is 1. The number of alkyl halides is 3. The predicted molar refractivity (Wildman–Crippen MR) is 37.7 cm³/mol. The molecule has 0 aromatic rings. The van der Waals surface area contributed by atoms with E-state index in [0.29, 0.717) is 0 Å². The number of likely N-dealkylation sites (tertiary alicyclic amines) is 1. The van der Waals surface area contributed by atoms with Gasteiger partial charge in [0, 0.05) is 12.6 Å². The van der Waals surface area contributed by atoms with Crippen LogP contribution in [0.1, 0.15) is 6.42 Å². The molecule has 12 heavy (non-hydrogen) atoms. The van der Waals surface area contributed by atoms with Crippen LogP contribution in [0.2, 0.25) is 0 Å². The molecule has 0 radical (unpaired) electrons. The highest BCUT2D eigenvalue weighted by Crippen LogP contribution is 2.35. The van der Waals surface area contributed by atoms with Gasteiger partial charge in [-0.2, -0.15) is 13.2 Å². The van der Waals surface area contributed by atoms with Gasteiger partial charge in [0.1, 0.15) is 0 Å². The molecular formula is C7H12F3NO. The molecule has 1 fully saturated rings. The van der Waals surface area contributed by atoms with Crippen molar-refractivity contribution in [3.05, 3.63) is 0 Å². The number of hydrogen-bond acceptors (Lipinski definition) is 2. The molecule has 1 heterocycles. The molecule has 1 aliphatic rings. The number of rotatable bonds is 1. The van der Waals surface area contributed by atoms with E-state index in [1.54, 1.807) is 11.9 Å². The van der Waals surface area contributed by atoms with Crippen molar-refractivity contribution in [1.82, 2.24) is 4.90 Å². The zero-order valence-corrected chi connectivity index (χ0v) is 6.80. The maximum atomic E-state index is 12.1. The van der Waals surface area contributed by atoms with Gasteiger partial charge in [-0.3, -0.25) is 0 Å². The second-order valence-electron chi connectivity index (χ2n) is 3.25. The van der Waals surface area contributed by atoms with Crippen LogP contribution in [0, 0.1) is 5.92 Å². The van der Waals surface area contributed by atoms with E-state index in [1.807, 2.05) is 0 Å². The van der Waals surface area contributed by atoms with Crippen molar-refractivity contribution < 1.29 is 18.3 Å². The van der Waals surface area contributed by atoms with Crippen molar-refractivity contribution in [2.75, 3.05) is 20.2 Å². The van der Waals surface area contributed by atoms with Crippen LogP contribution in [-0.4, -0.2) is 42.4 Å². The van der Waals surface area contributed by atoms with Gasteiger partial charge in [-0.25, -0.2) is 0 Å². The average Bonchev–Trinajstić information content (AvgIpc) is 2.29. The molecule has 0 saturated carbocycles. The standard InChI is InChI=1S/C7H12F3NO/c1-11-3-5(7(8,9)10)2-6(11)4-12/h5-6,12H,2-4H2,1H3/t5-,6-/m0/s1. The molecule has 2 atom stereocenters. The number of aliphatic hydroxyl groups excluding tert-OH is 1. The lowest BCUT2D eigenvalue weighted by atomic mass is 10.1. The maximum Gasteiger partial charge on any atom is 0.393 e. The second kappa shape index (κ2) is 3.22. The third-order valence-corrected chi connectivity index (χ3v) is 2.36. The Labute approximate surface area is 69.0 Å². The van der Waals surface area contributed by atoms with E-state index in [-0.39, 0.29) is 25.6 Å². The highest BCUT2D eigenvalue weighted by molar-refractivity contribution is 4.86. The van der Waals surface area contributed by atoms with Crippen molar-refractivity contribution in [1.29, 1.82) is 0 Å². The van der Waals surface area contributed by atoms with E-state index in [0.717, 1.165) is 0 Å². The molecular weight excluding hydrogens is 171 g/mol. The van der Waals surface area contributed by atoms with E-state index in [9.17, 15) is 13.2 Å². The van der Waals surface area contributed by atoms with Gasteiger partial charge in [0.25, 0.3) is 0 Å². The van der Waals surface area contributed by atoms with Crippen molar-refractivity contribution in [2.45, 2.75) is 18.6 Å². The van der Waals surface area contributed by atoms with E-state index < -0.39 is 12.1 Å². The van der Waals surface area contributed by atoms with Gasteiger partial charge in [-0.15, -0.1) is 0 Å². The highest BCUT2D eigenvalue weighted by Gasteiger charge is 2.45. The summed E-state index contributed by atoms with van der Waals surface area (Å²) in [7, 11) is 1.60. The average molecular weight is 183 g/mol. The van der Waals surface area contributed by atoms with E-state index in [4.69, 9.17) is 5.11 Å². The molecule has 1 aliphatic heterocycles. The van der Waals surface area contributed by atoms with Gasteiger partial charge in [0.2, 0.25) is 0 Å². The minimum absolute atomic E-state index is 0.00866. The second-order valence-corrected chi connectivity index (χ2v) is 3.25. The monoisotopic (exact) mass is 183 g/mol. The van der Waals surface area contributed by atoms with Gasteiger partial charge in [0.15, 0.2) is 0 Å². The summed E-state index contributed by atoms with van der Waals surface area (Å²) < 4.78 is 36.4. The third kappa shape index (κ3) is 1.90. The van der Waals surface area contributed by atoms with Gasteiger partial charge >= 0.3 is 6.18 Å². The molecule has 1 rings (SSSR count). The normalized spacial score (nSPS) is 32.8. The van der Waals surface area contributed by atoms with E-state index in [1.165, 1.54) is 0 Å². The molecule has 5 heteroatoms. The van der Waals surface area contributed by atoms with Crippen LogP contribution < -0.4 is 0 Å². The molecule has 1 saturated heterocycles. The van der Waals surface area contributed by atoms with Crippen LogP contribution >= 0.6 is 0 Å². The highest BCUT2D eigenvalue weighted by atomic mass is 19.4. The summed E-state index contributed by atoms with van der Waals surface area (Å²) >= 11 is 0.